The van der Waals surface area contributed by atoms with Crippen molar-refractivity contribution in [1.82, 2.24) is 0 Å². The Labute approximate surface area is 282 Å². The second-order valence-corrected chi connectivity index (χ2v) is 13.3. The first kappa shape index (κ1) is 32.3. The lowest BCUT2D eigenvalue weighted by atomic mass is 9.92. The maximum Gasteiger partial charge on any atom is 0.303 e. The molecule has 2 aromatic rings. The zero-order valence-corrected chi connectivity index (χ0v) is 27.4. The third-order valence-electron chi connectivity index (χ3n) is 9.42. The van der Waals surface area contributed by atoms with Gasteiger partial charge in [0.1, 0.15) is 29.8 Å². The summed E-state index contributed by atoms with van der Waals surface area (Å²) in [4.78, 5) is 34.4. The van der Waals surface area contributed by atoms with Crippen LogP contribution in [0.1, 0.15) is 51.4 Å². The average Bonchev–Trinajstić information content (AvgIpc) is 3.74. The van der Waals surface area contributed by atoms with Crippen LogP contribution in [0.25, 0.3) is 0 Å². The van der Waals surface area contributed by atoms with Gasteiger partial charge in [-0.15, -0.1) is 0 Å². The summed E-state index contributed by atoms with van der Waals surface area (Å²) in [6.07, 6.45) is -7.19. The van der Waals surface area contributed by atoms with Crippen LogP contribution in [-0.2, 0) is 57.0 Å². The van der Waals surface area contributed by atoms with Crippen molar-refractivity contribution in [2.75, 3.05) is 13.2 Å². The highest BCUT2D eigenvalue weighted by atomic mass is 16.8. The Kier molecular flexibility index (Phi) is 8.41. The quantitative estimate of drug-likeness (QED) is 0.413. The summed E-state index contributed by atoms with van der Waals surface area (Å²) in [5.41, 5.74) is 0.627. The van der Waals surface area contributed by atoms with Gasteiger partial charge in [0.2, 0.25) is 24.4 Å². The van der Waals surface area contributed by atoms with Crippen LogP contribution >= 0.6 is 0 Å². The van der Waals surface area contributed by atoms with E-state index in [1.807, 2.05) is 74.5 Å². The van der Waals surface area contributed by atoms with Crippen molar-refractivity contribution < 1.29 is 57.0 Å². The highest BCUT2D eigenvalue weighted by molar-refractivity contribution is 6.05. The summed E-state index contributed by atoms with van der Waals surface area (Å²) in [6, 6.07) is 17.6. The summed E-state index contributed by atoms with van der Waals surface area (Å²) in [6.45, 7) is 6.76. The Bertz CT molecular complexity index is 1500. The van der Waals surface area contributed by atoms with Gasteiger partial charge in [0.25, 0.3) is 0 Å². The van der Waals surface area contributed by atoms with Crippen LogP contribution in [0.5, 0.6) is 0 Å². The van der Waals surface area contributed by atoms with Gasteiger partial charge in [-0.1, -0.05) is 60.7 Å². The number of hydrogen-bond donors (Lipinski definition) is 0. The van der Waals surface area contributed by atoms with Crippen LogP contribution < -0.4 is 0 Å². The summed E-state index contributed by atoms with van der Waals surface area (Å²) >= 11 is 0. The summed E-state index contributed by atoms with van der Waals surface area (Å²) in [5, 5.41) is 0. The van der Waals surface area contributed by atoms with Gasteiger partial charge in [-0.2, -0.15) is 0 Å². The molecule has 260 valence electrons. The molecule has 8 rings (SSSR count). The fraction of sp³-hybridized carbons (Fsp3) is 0.543. The van der Waals surface area contributed by atoms with E-state index < -0.39 is 91.2 Å². The zero-order valence-electron chi connectivity index (χ0n) is 27.4. The van der Waals surface area contributed by atoms with E-state index in [0.29, 0.717) is 0 Å². The molecule has 0 unspecified atom stereocenters. The van der Waals surface area contributed by atoms with Crippen molar-refractivity contribution in [3.8, 4) is 0 Å². The smallest absolute Gasteiger partial charge is 0.303 e. The van der Waals surface area contributed by atoms with Gasteiger partial charge in [-0.25, -0.2) is 9.98 Å². The molecule has 6 heterocycles. The van der Waals surface area contributed by atoms with Crippen molar-refractivity contribution in [2.24, 2.45) is 15.4 Å². The van der Waals surface area contributed by atoms with Crippen molar-refractivity contribution in [1.29, 1.82) is 0 Å². The number of carbonyl (C=O) groups excluding carboxylic acids is 2. The number of fused-ring (bicyclic) bond motifs is 4. The first-order chi connectivity index (χ1) is 23.7. The molecule has 4 saturated heterocycles. The standard InChI is InChI=1S/C35H38N2O12/c1-17(38)42-27-23-31(44-21-15-40-29(46-25(21)27)19-11-7-5-8-12-19)48-33(36-23)35(3,4)34-37-24-28(43-18(2)39)26-22(45-32(24)49-34)16-41-30(47-26)20-13-9-6-10-14-20/h5-14,21-32H,15-16H2,1-4H3/t21-,22-,23-,24-,25-,26-,27-,28-,29-,30-,31-,32-/m1/s1. The molecule has 14 nitrogen and oxygen atoms in total. The minimum Gasteiger partial charge on any atom is -0.457 e. The zero-order chi connectivity index (χ0) is 33.9. The topological polar surface area (TPSA) is 151 Å². The Morgan fingerprint density at radius 1 is 0.653 bits per heavy atom. The van der Waals surface area contributed by atoms with Crippen molar-refractivity contribution in [3.63, 3.8) is 0 Å². The lowest BCUT2D eigenvalue weighted by molar-refractivity contribution is -0.331. The summed E-state index contributed by atoms with van der Waals surface area (Å²) < 4.78 is 61.5. The van der Waals surface area contributed by atoms with E-state index in [4.69, 9.17) is 57.4 Å². The number of ether oxygens (including phenoxy) is 10. The molecule has 0 aliphatic carbocycles. The first-order valence-electron chi connectivity index (χ1n) is 16.4. The van der Waals surface area contributed by atoms with E-state index >= 15 is 0 Å². The maximum atomic E-state index is 12.3. The number of esters is 2. The van der Waals surface area contributed by atoms with Gasteiger partial charge < -0.3 is 47.4 Å². The molecule has 2 aromatic carbocycles. The second-order valence-electron chi connectivity index (χ2n) is 13.3. The lowest BCUT2D eigenvalue weighted by Crippen LogP contribution is -2.61. The van der Waals surface area contributed by atoms with Gasteiger partial charge in [0.15, 0.2) is 36.9 Å². The number of aliphatic imine (C=N–C) groups is 2. The predicted octanol–water partition coefficient (Wildman–Crippen LogP) is 3.15. The molecule has 0 aromatic heterocycles. The normalized spacial score (nSPS) is 37.9. The van der Waals surface area contributed by atoms with Gasteiger partial charge >= 0.3 is 11.9 Å². The fourth-order valence-electron chi connectivity index (χ4n) is 7.06. The van der Waals surface area contributed by atoms with Gasteiger partial charge in [-0.3, -0.25) is 9.59 Å². The molecule has 0 spiro atoms. The minimum atomic E-state index is -1.03. The van der Waals surface area contributed by atoms with Crippen LogP contribution in [0.2, 0.25) is 0 Å². The van der Waals surface area contributed by atoms with Crippen molar-refractivity contribution >= 4 is 23.7 Å². The van der Waals surface area contributed by atoms with E-state index in [2.05, 4.69) is 0 Å². The Balaban J connectivity index is 1.04. The molecule has 0 N–H and O–H groups in total. The molecular formula is C35H38N2O12. The third kappa shape index (κ3) is 6.00. The lowest BCUT2D eigenvalue weighted by Gasteiger charge is -2.45. The number of rotatable bonds is 6. The summed E-state index contributed by atoms with van der Waals surface area (Å²) in [5.74, 6) is -0.438. The largest absolute Gasteiger partial charge is 0.457 e. The number of benzene rings is 2. The monoisotopic (exact) mass is 678 g/mol. The second kappa shape index (κ2) is 12.8. The van der Waals surface area contributed by atoms with E-state index in [1.165, 1.54) is 13.8 Å². The van der Waals surface area contributed by atoms with Crippen molar-refractivity contribution in [3.05, 3.63) is 71.8 Å². The molecule has 4 fully saturated rings. The Morgan fingerprint density at radius 3 is 1.45 bits per heavy atom. The Morgan fingerprint density at radius 2 is 1.06 bits per heavy atom. The minimum absolute atomic E-state index is 0.195. The fourth-order valence-corrected chi connectivity index (χ4v) is 7.06. The highest BCUT2D eigenvalue weighted by Gasteiger charge is 2.60. The molecule has 0 bridgehead atoms. The van der Waals surface area contributed by atoms with E-state index in [0.717, 1.165) is 11.1 Å². The van der Waals surface area contributed by atoms with Crippen molar-refractivity contribution in [2.45, 2.75) is 102 Å². The Hall–Kier alpha value is -3.92. The average molecular weight is 679 g/mol. The number of carbonyl (C=O) groups is 2. The molecule has 0 amide bonds. The molecule has 0 saturated carbocycles. The molecule has 0 radical (unpaired) electrons. The highest BCUT2D eigenvalue weighted by Crippen LogP contribution is 2.44. The van der Waals surface area contributed by atoms with Gasteiger partial charge in [0.05, 0.1) is 13.2 Å². The van der Waals surface area contributed by atoms with E-state index in [-0.39, 0.29) is 25.0 Å². The van der Waals surface area contributed by atoms with Crippen LogP contribution in [0.3, 0.4) is 0 Å². The van der Waals surface area contributed by atoms with Crippen LogP contribution in [0.4, 0.5) is 0 Å². The van der Waals surface area contributed by atoms with Crippen LogP contribution in [-0.4, -0.2) is 98.2 Å². The van der Waals surface area contributed by atoms with Gasteiger partial charge in [-0.05, 0) is 13.8 Å². The van der Waals surface area contributed by atoms with E-state index in [9.17, 15) is 9.59 Å². The van der Waals surface area contributed by atoms with Gasteiger partial charge in [0, 0.05) is 25.0 Å². The van der Waals surface area contributed by atoms with Crippen LogP contribution in [0, 0.1) is 5.41 Å². The molecule has 6 aliphatic rings. The predicted molar refractivity (Wildman–Crippen MR) is 167 cm³/mol. The third-order valence-corrected chi connectivity index (χ3v) is 9.42. The number of nitrogens with zero attached hydrogens (tertiary/aromatic N) is 2. The molecule has 49 heavy (non-hydrogen) atoms. The number of hydrogen-bond acceptors (Lipinski definition) is 14. The maximum absolute atomic E-state index is 12.3. The van der Waals surface area contributed by atoms with E-state index in [1.54, 1.807) is 0 Å². The first-order valence-corrected chi connectivity index (χ1v) is 16.4. The molecular weight excluding hydrogens is 640 g/mol. The molecule has 12 atom stereocenters. The van der Waals surface area contributed by atoms with Crippen LogP contribution in [0.15, 0.2) is 70.6 Å². The summed E-state index contributed by atoms with van der Waals surface area (Å²) in [7, 11) is 0. The molecule has 6 aliphatic heterocycles. The SMILES string of the molecule is CC(=O)O[C@@H]1[C@H]2N=C(C(C)(C)C3=N[C@H]4[C@@H](O3)O[C@@H]3CO[C@@H](c5ccccc5)O[C@H]3[C@@H]4OC(C)=O)O[C@H]2O[C@@H]2CO[C@@H](c3ccccc3)O[C@@H]12. The molecule has 14 heteroatoms.